The zero-order chi connectivity index (χ0) is 20.6. The number of hydrazone groups is 1. The maximum Gasteiger partial charge on any atom is 0.273 e. The Morgan fingerprint density at radius 2 is 1.62 bits per heavy atom. The van der Waals surface area contributed by atoms with Gasteiger partial charge in [-0.2, -0.15) is 5.10 Å². The minimum atomic E-state index is -0.467. The van der Waals surface area contributed by atoms with Crippen LogP contribution in [-0.4, -0.2) is 30.2 Å². The van der Waals surface area contributed by atoms with E-state index in [-0.39, 0.29) is 17.2 Å². The van der Waals surface area contributed by atoms with Gasteiger partial charge in [0, 0.05) is 5.56 Å². The molecular weight excluding hydrogens is 370 g/mol. The van der Waals surface area contributed by atoms with Gasteiger partial charge in [0.1, 0.15) is 11.5 Å². The summed E-state index contributed by atoms with van der Waals surface area (Å²) in [5, 5.41) is 15.9. The van der Waals surface area contributed by atoms with Gasteiger partial charge < -0.3 is 15.2 Å². The number of phenols is 1. The van der Waals surface area contributed by atoms with Gasteiger partial charge in [-0.15, -0.1) is 0 Å². The van der Waals surface area contributed by atoms with E-state index in [1.807, 2.05) is 0 Å². The van der Waals surface area contributed by atoms with Crippen molar-refractivity contribution in [2.75, 3.05) is 12.4 Å². The van der Waals surface area contributed by atoms with E-state index in [2.05, 4.69) is 15.8 Å². The molecule has 0 aromatic heterocycles. The lowest BCUT2D eigenvalue weighted by molar-refractivity contribution is 0.0956. The number of hydrogen-bond donors (Lipinski definition) is 3. The number of amides is 2. The summed E-state index contributed by atoms with van der Waals surface area (Å²) in [5.74, 6) is -0.0216. The standard InChI is InChI=1S/C22H19N3O4/c1-29-18-12-8-16(9-13-18)21(27)24-20-5-3-2-4-19(20)22(28)25-23-14-15-6-10-17(26)11-7-15/h2-14,26H,1H3,(H,24,27)(H,25,28)/b23-14+. The van der Waals surface area contributed by atoms with Gasteiger partial charge in [-0.05, 0) is 66.2 Å². The average Bonchev–Trinajstić information content (AvgIpc) is 2.75. The number of hydrogen-bond acceptors (Lipinski definition) is 5. The van der Waals surface area contributed by atoms with Crippen LogP contribution in [0.4, 0.5) is 5.69 Å². The summed E-state index contributed by atoms with van der Waals surface area (Å²) in [6, 6.07) is 19.7. The van der Waals surface area contributed by atoms with Crippen molar-refractivity contribution in [1.29, 1.82) is 0 Å². The van der Waals surface area contributed by atoms with E-state index >= 15 is 0 Å². The first-order valence-electron chi connectivity index (χ1n) is 8.73. The Morgan fingerprint density at radius 1 is 0.931 bits per heavy atom. The molecule has 0 aliphatic rings. The smallest absolute Gasteiger partial charge is 0.273 e. The normalized spacial score (nSPS) is 10.5. The molecule has 0 radical (unpaired) electrons. The Labute approximate surface area is 167 Å². The van der Waals surface area contributed by atoms with E-state index in [4.69, 9.17) is 4.74 Å². The van der Waals surface area contributed by atoms with Crippen LogP contribution >= 0.6 is 0 Å². The number of aromatic hydroxyl groups is 1. The number of phenolic OH excluding ortho intramolecular Hbond substituents is 1. The second-order valence-corrected chi connectivity index (χ2v) is 6.02. The SMILES string of the molecule is COc1ccc(C(=O)Nc2ccccc2C(=O)N/N=C/c2ccc(O)cc2)cc1. The van der Waals surface area contributed by atoms with Crippen molar-refractivity contribution in [2.24, 2.45) is 5.10 Å². The van der Waals surface area contributed by atoms with Gasteiger partial charge in [-0.1, -0.05) is 12.1 Å². The van der Waals surface area contributed by atoms with E-state index in [0.717, 1.165) is 0 Å². The summed E-state index contributed by atoms with van der Waals surface area (Å²) in [7, 11) is 1.55. The second-order valence-electron chi connectivity index (χ2n) is 6.02. The Hall–Kier alpha value is -4.13. The van der Waals surface area contributed by atoms with Crippen LogP contribution in [0.5, 0.6) is 11.5 Å². The molecule has 3 aromatic rings. The molecule has 146 valence electrons. The number of rotatable bonds is 6. The van der Waals surface area contributed by atoms with Crippen molar-refractivity contribution in [3.8, 4) is 11.5 Å². The Bertz CT molecular complexity index is 1030. The number of ether oxygens (including phenoxy) is 1. The van der Waals surface area contributed by atoms with Crippen LogP contribution in [0.1, 0.15) is 26.3 Å². The molecule has 3 N–H and O–H groups in total. The van der Waals surface area contributed by atoms with Gasteiger partial charge in [0.2, 0.25) is 0 Å². The quantitative estimate of drug-likeness (QED) is 0.444. The van der Waals surface area contributed by atoms with Crippen molar-refractivity contribution in [3.63, 3.8) is 0 Å². The predicted molar refractivity (Wildman–Crippen MR) is 111 cm³/mol. The maximum atomic E-state index is 12.5. The first-order chi connectivity index (χ1) is 14.1. The Kier molecular flexibility index (Phi) is 6.22. The fraction of sp³-hybridized carbons (Fsp3) is 0.0455. The fourth-order valence-corrected chi connectivity index (χ4v) is 2.51. The minimum absolute atomic E-state index is 0.146. The largest absolute Gasteiger partial charge is 0.508 e. The summed E-state index contributed by atoms with van der Waals surface area (Å²) in [6.45, 7) is 0. The topological polar surface area (TPSA) is 100 Å². The number of nitrogens with one attached hydrogen (secondary N) is 2. The molecule has 3 rings (SSSR count). The number of benzene rings is 3. The van der Waals surface area contributed by atoms with Crippen LogP contribution in [0.2, 0.25) is 0 Å². The Morgan fingerprint density at radius 3 is 2.31 bits per heavy atom. The van der Waals surface area contributed by atoms with Crippen molar-refractivity contribution < 1.29 is 19.4 Å². The molecule has 2 amide bonds. The summed E-state index contributed by atoms with van der Waals surface area (Å²) in [5.41, 5.74) is 4.22. The molecular formula is C22H19N3O4. The molecule has 0 saturated heterocycles. The van der Waals surface area contributed by atoms with E-state index in [1.54, 1.807) is 67.8 Å². The molecule has 0 aliphatic heterocycles. The van der Waals surface area contributed by atoms with Gasteiger partial charge in [-0.3, -0.25) is 9.59 Å². The van der Waals surface area contributed by atoms with Crippen LogP contribution in [-0.2, 0) is 0 Å². The van der Waals surface area contributed by atoms with Crippen LogP contribution < -0.4 is 15.5 Å². The third kappa shape index (κ3) is 5.20. The Balaban J connectivity index is 1.69. The summed E-state index contributed by atoms with van der Waals surface area (Å²) in [4.78, 5) is 25.0. The lowest BCUT2D eigenvalue weighted by atomic mass is 10.1. The number of anilines is 1. The van der Waals surface area contributed by atoms with Gasteiger partial charge >= 0.3 is 0 Å². The zero-order valence-corrected chi connectivity index (χ0v) is 15.6. The lowest BCUT2D eigenvalue weighted by Gasteiger charge is -2.10. The van der Waals surface area contributed by atoms with Crippen LogP contribution in [0.3, 0.4) is 0 Å². The molecule has 0 fully saturated rings. The third-order valence-electron chi connectivity index (χ3n) is 4.04. The van der Waals surface area contributed by atoms with E-state index in [0.29, 0.717) is 22.6 Å². The first kappa shape index (κ1) is 19.6. The van der Waals surface area contributed by atoms with Crippen molar-refractivity contribution >= 4 is 23.7 Å². The molecule has 0 bridgehead atoms. The molecule has 0 saturated carbocycles. The molecule has 29 heavy (non-hydrogen) atoms. The monoisotopic (exact) mass is 389 g/mol. The van der Waals surface area contributed by atoms with E-state index < -0.39 is 5.91 Å². The second kappa shape index (κ2) is 9.18. The maximum absolute atomic E-state index is 12.5. The number of carbonyl (C=O) groups is 2. The van der Waals surface area contributed by atoms with Crippen LogP contribution in [0.25, 0.3) is 0 Å². The van der Waals surface area contributed by atoms with Gasteiger partial charge in [-0.25, -0.2) is 5.43 Å². The first-order valence-corrected chi connectivity index (χ1v) is 8.73. The molecule has 3 aromatic carbocycles. The number of para-hydroxylation sites is 1. The molecule has 0 atom stereocenters. The van der Waals surface area contributed by atoms with Crippen molar-refractivity contribution in [1.82, 2.24) is 5.43 Å². The lowest BCUT2D eigenvalue weighted by Crippen LogP contribution is -2.21. The summed E-state index contributed by atoms with van der Waals surface area (Å²) in [6.07, 6.45) is 1.45. The molecule has 7 heteroatoms. The highest BCUT2D eigenvalue weighted by atomic mass is 16.5. The van der Waals surface area contributed by atoms with Crippen molar-refractivity contribution in [3.05, 3.63) is 89.5 Å². The van der Waals surface area contributed by atoms with Gasteiger partial charge in [0.25, 0.3) is 11.8 Å². The highest BCUT2D eigenvalue weighted by molar-refractivity contribution is 6.09. The number of nitrogens with zero attached hydrogens (tertiary/aromatic N) is 1. The highest BCUT2D eigenvalue weighted by Gasteiger charge is 2.13. The molecule has 0 unspecified atom stereocenters. The minimum Gasteiger partial charge on any atom is -0.508 e. The van der Waals surface area contributed by atoms with Crippen molar-refractivity contribution in [2.45, 2.75) is 0 Å². The molecule has 0 aliphatic carbocycles. The van der Waals surface area contributed by atoms with Gasteiger partial charge in [0.05, 0.1) is 24.6 Å². The van der Waals surface area contributed by atoms with E-state index in [9.17, 15) is 14.7 Å². The molecule has 0 heterocycles. The fourth-order valence-electron chi connectivity index (χ4n) is 2.51. The predicted octanol–water partition coefficient (Wildman–Crippen LogP) is 3.42. The zero-order valence-electron chi connectivity index (χ0n) is 15.6. The van der Waals surface area contributed by atoms with Crippen LogP contribution in [0.15, 0.2) is 77.9 Å². The third-order valence-corrected chi connectivity index (χ3v) is 4.04. The molecule has 7 nitrogen and oxygen atoms in total. The van der Waals surface area contributed by atoms with Gasteiger partial charge in [0.15, 0.2) is 0 Å². The van der Waals surface area contributed by atoms with Crippen LogP contribution in [0, 0.1) is 0 Å². The molecule has 0 spiro atoms. The summed E-state index contributed by atoms with van der Waals surface area (Å²) >= 11 is 0. The average molecular weight is 389 g/mol. The van der Waals surface area contributed by atoms with E-state index in [1.165, 1.54) is 18.3 Å². The number of methoxy groups -OCH3 is 1. The highest BCUT2D eigenvalue weighted by Crippen LogP contribution is 2.18. The number of carbonyl (C=O) groups excluding carboxylic acids is 2. The summed E-state index contributed by atoms with van der Waals surface area (Å²) < 4.78 is 5.08.